The molecule has 31 heavy (non-hydrogen) atoms. The van der Waals surface area contributed by atoms with Gasteiger partial charge in [0, 0.05) is 32.7 Å². The van der Waals surface area contributed by atoms with Crippen molar-refractivity contribution in [3.8, 4) is 0 Å². The number of rotatable bonds is 5. The van der Waals surface area contributed by atoms with Crippen LogP contribution in [0.15, 0.2) is 24.3 Å². The number of hydrogen-bond acceptors (Lipinski definition) is 5. The molecule has 1 spiro atoms. The predicted molar refractivity (Wildman–Crippen MR) is 114 cm³/mol. The summed E-state index contributed by atoms with van der Waals surface area (Å²) in [6, 6.07) is -0.886. The van der Waals surface area contributed by atoms with Crippen LogP contribution in [0.2, 0.25) is 0 Å². The number of amides is 3. The molecule has 8 heteroatoms. The Balaban J connectivity index is 1.85. The normalized spacial score (nSPS) is 38.2. The number of aliphatic hydroxyl groups excluding tert-OH is 1. The van der Waals surface area contributed by atoms with Crippen molar-refractivity contribution in [2.45, 2.75) is 56.9 Å². The first-order valence-electron chi connectivity index (χ1n) is 11.2. The number of fused-ring (bicyclic) bond motifs is 2. The average molecular weight is 432 g/mol. The summed E-state index contributed by atoms with van der Waals surface area (Å²) in [5.41, 5.74) is -2.22. The first kappa shape index (κ1) is 22.0. The summed E-state index contributed by atoms with van der Waals surface area (Å²) in [7, 11) is 1.72. The van der Waals surface area contributed by atoms with E-state index in [-0.39, 0.29) is 36.9 Å². The molecule has 3 amide bonds. The van der Waals surface area contributed by atoms with Crippen LogP contribution in [0, 0.1) is 11.8 Å². The van der Waals surface area contributed by atoms with Gasteiger partial charge in [-0.3, -0.25) is 14.4 Å². The van der Waals surface area contributed by atoms with Crippen LogP contribution in [0.1, 0.15) is 33.6 Å². The topological polar surface area (TPSA) is 90.4 Å². The van der Waals surface area contributed by atoms with Gasteiger partial charge in [-0.1, -0.05) is 37.6 Å². The van der Waals surface area contributed by atoms with Crippen molar-refractivity contribution < 1.29 is 24.2 Å². The largest absolute Gasteiger partial charge is 0.395 e. The van der Waals surface area contributed by atoms with Crippen LogP contribution < -0.4 is 0 Å². The highest BCUT2D eigenvalue weighted by atomic mass is 16.5. The predicted octanol–water partition coefficient (Wildman–Crippen LogP) is 0.565. The molecule has 4 aliphatic rings. The van der Waals surface area contributed by atoms with Crippen LogP contribution in [-0.4, -0.2) is 94.1 Å². The van der Waals surface area contributed by atoms with E-state index in [0.717, 1.165) is 12.8 Å². The summed E-state index contributed by atoms with van der Waals surface area (Å²) in [6.07, 6.45) is 9.29. The zero-order valence-corrected chi connectivity index (χ0v) is 18.8. The molecule has 2 saturated heterocycles. The number of likely N-dealkylation sites (N-methyl/N-ethyl adjacent to an activating group) is 1. The molecular formula is C23H33N3O5. The first-order chi connectivity index (χ1) is 14.7. The highest BCUT2D eigenvalue weighted by molar-refractivity contribution is 6.00. The van der Waals surface area contributed by atoms with Gasteiger partial charge in [-0.25, -0.2) is 0 Å². The Morgan fingerprint density at radius 2 is 1.84 bits per heavy atom. The van der Waals surface area contributed by atoms with Crippen LogP contribution in [-0.2, 0) is 19.1 Å². The SMILES string of the molecule is CCCC(C)N1CC=C[C@]23O[C@@]4(C)C=CCN(C)C(=O)[C@H]4[C@H]2C(=O)N(CCO)C3C1=O. The quantitative estimate of drug-likeness (QED) is 0.643. The zero-order valence-electron chi connectivity index (χ0n) is 18.8. The second kappa shape index (κ2) is 7.74. The van der Waals surface area contributed by atoms with Gasteiger partial charge in [-0.05, 0) is 20.3 Å². The number of carbonyl (C=O) groups excluding carboxylic acids is 3. The molecule has 4 rings (SSSR count). The molecule has 1 N–H and O–H groups in total. The lowest BCUT2D eigenvalue weighted by atomic mass is 9.74. The molecule has 2 unspecified atom stereocenters. The third-order valence-corrected chi connectivity index (χ3v) is 7.37. The van der Waals surface area contributed by atoms with E-state index in [4.69, 9.17) is 4.74 Å². The van der Waals surface area contributed by atoms with Gasteiger partial charge in [0.2, 0.25) is 17.7 Å². The number of nitrogens with zero attached hydrogens (tertiary/aromatic N) is 3. The summed E-state index contributed by atoms with van der Waals surface area (Å²) < 4.78 is 6.64. The second-order valence-electron chi connectivity index (χ2n) is 9.40. The van der Waals surface area contributed by atoms with Crippen LogP contribution in [0.5, 0.6) is 0 Å². The van der Waals surface area contributed by atoms with E-state index >= 15 is 0 Å². The van der Waals surface area contributed by atoms with Gasteiger partial charge in [0.1, 0.15) is 11.6 Å². The molecule has 4 heterocycles. The Morgan fingerprint density at radius 3 is 2.52 bits per heavy atom. The number of carbonyl (C=O) groups is 3. The van der Waals surface area contributed by atoms with Gasteiger partial charge in [0.05, 0.1) is 24.0 Å². The Kier molecular flexibility index (Phi) is 5.50. The Labute approximate surface area is 183 Å². The summed E-state index contributed by atoms with van der Waals surface area (Å²) in [5.74, 6) is -2.18. The van der Waals surface area contributed by atoms with Crippen molar-refractivity contribution >= 4 is 17.7 Å². The van der Waals surface area contributed by atoms with Crippen molar-refractivity contribution in [3.63, 3.8) is 0 Å². The van der Waals surface area contributed by atoms with Gasteiger partial charge in [-0.15, -0.1) is 0 Å². The average Bonchev–Trinajstić information content (AvgIpc) is 2.98. The van der Waals surface area contributed by atoms with Crippen LogP contribution in [0.25, 0.3) is 0 Å². The fraction of sp³-hybridized carbons (Fsp3) is 0.696. The molecule has 2 fully saturated rings. The first-order valence-corrected chi connectivity index (χ1v) is 11.2. The molecule has 0 aromatic carbocycles. The van der Waals surface area contributed by atoms with Gasteiger partial charge >= 0.3 is 0 Å². The van der Waals surface area contributed by atoms with E-state index in [1.54, 1.807) is 16.8 Å². The highest BCUT2D eigenvalue weighted by Crippen LogP contribution is 2.57. The minimum Gasteiger partial charge on any atom is -0.395 e. The number of β-amino-alcohol motifs (C(OH)–C–C–N with tert-alkyl or cyclic N) is 1. The Morgan fingerprint density at radius 1 is 1.13 bits per heavy atom. The molecule has 8 nitrogen and oxygen atoms in total. The van der Waals surface area contributed by atoms with Crippen molar-refractivity contribution in [1.29, 1.82) is 0 Å². The van der Waals surface area contributed by atoms with E-state index in [1.807, 2.05) is 38.2 Å². The van der Waals surface area contributed by atoms with E-state index in [0.29, 0.717) is 13.1 Å². The number of likely N-dealkylation sites (tertiary alicyclic amines) is 1. The van der Waals surface area contributed by atoms with Gasteiger partial charge in [-0.2, -0.15) is 0 Å². The minimum atomic E-state index is -1.23. The Bertz CT molecular complexity index is 841. The molecular weight excluding hydrogens is 398 g/mol. The number of hydrogen-bond donors (Lipinski definition) is 1. The molecule has 170 valence electrons. The second-order valence-corrected chi connectivity index (χ2v) is 9.40. The van der Waals surface area contributed by atoms with Crippen LogP contribution in [0.3, 0.4) is 0 Å². The smallest absolute Gasteiger partial charge is 0.249 e. The standard InChI is InChI=1S/C23H33N3O5/c1-5-8-15(2)25-12-7-10-23-17(20(29)26(13-14-27)18(23)21(25)30)16-19(28)24(4)11-6-9-22(16,3)31-23/h6-7,9-10,15-18,27H,5,8,11-14H2,1-4H3/t15?,16-,17+,18?,22+,23+/m1/s1. The summed E-state index contributed by atoms with van der Waals surface area (Å²) in [5, 5.41) is 9.67. The number of aliphatic hydroxyl groups is 1. The van der Waals surface area contributed by atoms with Crippen LogP contribution in [0.4, 0.5) is 0 Å². The summed E-state index contributed by atoms with van der Waals surface area (Å²) in [4.78, 5) is 45.7. The molecule has 0 aliphatic carbocycles. The monoisotopic (exact) mass is 431 g/mol. The maximum atomic E-state index is 13.9. The van der Waals surface area contributed by atoms with Gasteiger partial charge in [0.15, 0.2) is 0 Å². The van der Waals surface area contributed by atoms with Crippen molar-refractivity contribution in [2.75, 3.05) is 33.3 Å². The van der Waals surface area contributed by atoms with Crippen molar-refractivity contribution in [1.82, 2.24) is 14.7 Å². The van der Waals surface area contributed by atoms with Crippen LogP contribution >= 0.6 is 0 Å². The molecule has 0 saturated carbocycles. The zero-order chi connectivity index (χ0) is 22.6. The molecule has 6 atom stereocenters. The van der Waals surface area contributed by atoms with Crippen molar-refractivity contribution in [3.05, 3.63) is 24.3 Å². The molecule has 0 aromatic heterocycles. The lowest BCUT2D eigenvalue weighted by Gasteiger charge is -2.38. The maximum absolute atomic E-state index is 13.9. The summed E-state index contributed by atoms with van der Waals surface area (Å²) in [6.45, 7) is 6.57. The third-order valence-electron chi connectivity index (χ3n) is 7.37. The molecule has 4 aliphatic heterocycles. The fourth-order valence-electron chi connectivity index (χ4n) is 5.98. The lowest BCUT2D eigenvalue weighted by molar-refractivity contribution is -0.153. The fourth-order valence-corrected chi connectivity index (χ4v) is 5.98. The van der Waals surface area contributed by atoms with E-state index in [2.05, 4.69) is 6.92 Å². The van der Waals surface area contributed by atoms with Gasteiger partial charge < -0.3 is 24.5 Å². The minimum absolute atomic E-state index is 0.0116. The van der Waals surface area contributed by atoms with Gasteiger partial charge in [0.25, 0.3) is 0 Å². The third kappa shape index (κ3) is 3.06. The maximum Gasteiger partial charge on any atom is 0.249 e. The Hall–Kier alpha value is -2.19. The lowest BCUT2D eigenvalue weighted by Crippen LogP contribution is -2.57. The van der Waals surface area contributed by atoms with E-state index in [1.165, 1.54) is 4.90 Å². The molecule has 0 radical (unpaired) electrons. The number of ether oxygens (including phenoxy) is 1. The highest BCUT2D eigenvalue weighted by Gasteiger charge is 2.74. The summed E-state index contributed by atoms with van der Waals surface area (Å²) >= 11 is 0. The molecule has 0 bridgehead atoms. The molecule has 0 aromatic rings. The van der Waals surface area contributed by atoms with Crippen molar-refractivity contribution in [2.24, 2.45) is 11.8 Å². The van der Waals surface area contributed by atoms with E-state index in [9.17, 15) is 19.5 Å². The van der Waals surface area contributed by atoms with E-state index < -0.39 is 29.1 Å².